The highest BCUT2D eigenvalue weighted by molar-refractivity contribution is 5.72. The standard InChI is InChI=1S/C15H30N2O4/c1-2-3-4-8-14(19)13(9-11-18)17-10-6-5-7-12(16)15(20)21/h11-14,17,19H,2-10,16H2,1H3,(H,20,21)/t12-,13?,14?/m0/s1. The summed E-state index contributed by atoms with van der Waals surface area (Å²) in [6, 6.07) is -1.03. The van der Waals surface area contributed by atoms with E-state index in [4.69, 9.17) is 10.8 Å². The molecule has 0 spiro atoms. The molecule has 21 heavy (non-hydrogen) atoms. The Kier molecular flexibility index (Phi) is 12.1. The zero-order valence-electron chi connectivity index (χ0n) is 13.0. The lowest BCUT2D eigenvalue weighted by Crippen LogP contribution is -2.40. The van der Waals surface area contributed by atoms with Crippen LogP contribution in [0.15, 0.2) is 0 Å². The van der Waals surface area contributed by atoms with Gasteiger partial charge in [0, 0.05) is 12.5 Å². The monoisotopic (exact) mass is 302 g/mol. The van der Waals surface area contributed by atoms with Gasteiger partial charge in [-0.05, 0) is 25.8 Å². The summed E-state index contributed by atoms with van der Waals surface area (Å²) in [5.74, 6) is -0.979. The van der Waals surface area contributed by atoms with E-state index in [-0.39, 0.29) is 6.04 Å². The maximum atomic E-state index is 10.7. The molecule has 0 aromatic rings. The van der Waals surface area contributed by atoms with E-state index in [1.54, 1.807) is 0 Å². The Morgan fingerprint density at radius 1 is 1.24 bits per heavy atom. The smallest absolute Gasteiger partial charge is 0.320 e. The first-order valence-electron chi connectivity index (χ1n) is 7.86. The van der Waals surface area contributed by atoms with Crippen LogP contribution in [0, 0.1) is 0 Å². The number of hydrogen-bond donors (Lipinski definition) is 4. The van der Waals surface area contributed by atoms with E-state index in [1.165, 1.54) is 0 Å². The lowest BCUT2D eigenvalue weighted by Gasteiger charge is -2.22. The molecule has 0 aliphatic carbocycles. The summed E-state index contributed by atoms with van der Waals surface area (Å²) < 4.78 is 0. The molecule has 0 aliphatic rings. The molecular formula is C15H30N2O4. The molecule has 0 saturated carbocycles. The Balaban J connectivity index is 3.87. The van der Waals surface area contributed by atoms with Crippen LogP contribution in [0.1, 0.15) is 58.3 Å². The fourth-order valence-corrected chi connectivity index (χ4v) is 2.18. The zero-order chi connectivity index (χ0) is 16.1. The predicted octanol–water partition coefficient (Wildman–Crippen LogP) is 1.06. The van der Waals surface area contributed by atoms with Crippen molar-refractivity contribution in [3.63, 3.8) is 0 Å². The Labute approximate surface area is 127 Å². The molecule has 0 rings (SSSR count). The number of aliphatic hydroxyl groups excluding tert-OH is 1. The molecule has 0 saturated heterocycles. The fourth-order valence-electron chi connectivity index (χ4n) is 2.18. The Hall–Kier alpha value is -0.980. The number of aliphatic carboxylic acids is 1. The molecule has 0 aromatic carbocycles. The van der Waals surface area contributed by atoms with Gasteiger partial charge in [-0.3, -0.25) is 4.79 Å². The molecule has 6 nitrogen and oxygen atoms in total. The van der Waals surface area contributed by atoms with Crippen molar-refractivity contribution < 1.29 is 19.8 Å². The molecule has 3 atom stereocenters. The van der Waals surface area contributed by atoms with Crippen LogP contribution in [-0.4, -0.2) is 47.2 Å². The average Bonchev–Trinajstić information content (AvgIpc) is 2.45. The summed E-state index contributed by atoms with van der Waals surface area (Å²) >= 11 is 0. The summed E-state index contributed by atoms with van der Waals surface area (Å²) in [6.45, 7) is 2.76. The lowest BCUT2D eigenvalue weighted by molar-refractivity contribution is -0.138. The first-order valence-corrected chi connectivity index (χ1v) is 7.86. The Morgan fingerprint density at radius 2 is 1.90 bits per heavy atom. The molecule has 0 aliphatic heterocycles. The van der Waals surface area contributed by atoms with Gasteiger partial charge in [-0.15, -0.1) is 0 Å². The van der Waals surface area contributed by atoms with Gasteiger partial charge in [-0.1, -0.05) is 32.6 Å². The van der Waals surface area contributed by atoms with Crippen molar-refractivity contribution in [2.24, 2.45) is 5.73 Å². The van der Waals surface area contributed by atoms with Crippen molar-refractivity contribution in [1.29, 1.82) is 0 Å². The molecule has 0 heterocycles. The normalized spacial score (nSPS) is 15.4. The van der Waals surface area contributed by atoms with Crippen LogP contribution in [0.25, 0.3) is 0 Å². The number of hydrogen-bond acceptors (Lipinski definition) is 5. The van der Waals surface area contributed by atoms with Gasteiger partial charge in [0.1, 0.15) is 12.3 Å². The molecule has 0 bridgehead atoms. The van der Waals surface area contributed by atoms with Gasteiger partial charge in [0.05, 0.1) is 6.10 Å². The van der Waals surface area contributed by atoms with E-state index in [1.807, 2.05) is 0 Å². The van der Waals surface area contributed by atoms with E-state index in [0.717, 1.165) is 32.0 Å². The van der Waals surface area contributed by atoms with Crippen LogP contribution in [0.5, 0.6) is 0 Å². The number of nitrogens with one attached hydrogen (secondary N) is 1. The van der Waals surface area contributed by atoms with Crippen LogP contribution in [0.2, 0.25) is 0 Å². The number of aldehydes is 1. The third kappa shape index (κ3) is 10.4. The van der Waals surface area contributed by atoms with Crippen molar-refractivity contribution in [2.75, 3.05) is 6.54 Å². The van der Waals surface area contributed by atoms with Crippen molar-refractivity contribution >= 4 is 12.3 Å². The maximum absolute atomic E-state index is 10.7. The van der Waals surface area contributed by atoms with Crippen molar-refractivity contribution in [1.82, 2.24) is 5.32 Å². The number of aliphatic hydroxyl groups is 1. The Bertz CT molecular complexity index is 287. The van der Waals surface area contributed by atoms with E-state index in [9.17, 15) is 14.7 Å². The highest BCUT2D eigenvalue weighted by Gasteiger charge is 2.17. The Morgan fingerprint density at radius 3 is 2.48 bits per heavy atom. The second-order valence-corrected chi connectivity index (χ2v) is 5.47. The zero-order valence-corrected chi connectivity index (χ0v) is 13.0. The van der Waals surface area contributed by atoms with Crippen molar-refractivity contribution in [2.45, 2.75) is 76.5 Å². The minimum Gasteiger partial charge on any atom is -0.480 e. The van der Waals surface area contributed by atoms with Gasteiger partial charge in [-0.2, -0.15) is 0 Å². The number of carboxylic acid groups (broad SMARTS) is 1. The van der Waals surface area contributed by atoms with E-state index in [0.29, 0.717) is 32.2 Å². The third-order valence-electron chi connectivity index (χ3n) is 3.58. The van der Waals surface area contributed by atoms with Gasteiger partial charge >= 0.3 is 5.97 Å². The van der Waals surface area contributed by atoms with Crippen LogP contribution in [0.4, 0.5) is 0 Å². The SMILES string of the molecule is CCCCCC(O)C(CC=O)NCCCC[C@H](N)C(=O)O. The number of carboxylic acids is 1. The number of carbonyl (C=O) groups excluding carboxylic acids is 1. The summed E-state index contributed by atoms with van der Waals surface area (Å²) in [4.78, 5) is 21.2. The highest BCUT2D eigenvalue weighted by Crippen LogP contribution is 2.09. The molecule has 6 heteroatoms. The van der Waals surface area contributed by atoms with Crippen molar-refractivity contribution in [3.05, 3.63) is 0 Å². The molecule has 2 unspecified atom stereocenters. The third-order valence-corrected chi connectivity index (χ3v) is 3.58. The van der Waals surface area contributed by atoms with E-state index >= 15 is 0 Å². The van der Waals surface area contributed by atoms with Gasteiger partial charge in [-0.25, -0.2) is 0 Å². The molecule has 0 radical (unpaired) electrons. The highest BCUT2D eigenvalue weighted by atomic mass is 16.4. The summed E-state index contributed by atoms with van der Waals surface area (Å²) in [5, 5.41) is 21.9. The van der Waals surface area contributed by atoms with Crippen LogP contribution in [-0.2, 0) is 9.59 Å². The summed E-state index contributed by atoms with van der Waals surface area (Å²) in [7, 11) is 0. The fraction of sp³-hybridized carbons (Fsp3) is 0.867. The molecule has 0 aromatic heterocycles. The van der Waals surface area contributed by atoms with E-state index in [2.05, 4.69) is 12.2 Å². The van der Waals surface area contributed by atoms with Gasteiger partial charge in [0.15, 0.2) is 0 Å². The number of nitrogens with two attached hydrogens (primary N) is 1. The van der Waals surface area contributed by atoms with Gasteiger partial charge < -0.3 is 26.1 Å². The van der Waals surface area contributed by atoms with Crippen LogP contribution >= 0.6 is 0 Å². The maximum Gasteiger partial charge on any atom is 0.320 e. The van der Waals surface area contributed by atoms with E-state index < -0.39 is 18.1 Å². The van der Waals surface area contributed by atoms with Gasteiger partial charge in [0.2, 0.25) is 0 Å². The minimum atomic E-state index is -0.979. The molecule has 5 N–H and O–H groups in total. The summed E-state index contributed by atoms with van der Waals surface area (Å²) in [6.07, 6.45) is 6.37. The van der Waals surface area contributed by atoms with Gasteiger partial charge in [0.25, 0.3) is 0 Å². The topological polar surface area (TPSA) is 113 Å². The van der Waals surface area contributed by atoms with Crippen molar-refractivity contribution in [3.8, 4) is 0 Å². The summed E-state index contributed by atoms with van der Waals surface area (Å²) in [5.41, 5.74) is 5.42. The quantitative estimate of drug-likeness (QED) is 0.282. The molecule has 124 valence electrons. The molecule has 0 amide bonds. The number of unbranched alkanes of at least 4 members (excludes halogenated alkanes) is 3. The second-order valence-electron chi connectivity index (χ2n) is 5.47. The first-order chi connectivity index (χ1) is 10.0. The second kappa shape index (κ2) is 12.7. The predicted molar refractivity (Wildman–Crippen MR) is 82.1 cm³/mol. The largest absolute Gasteiger partial charge is 0.480 e. The molecule has 0 fully saturated rings. The lowest BCUT2D eigenvalue weighted by atomic mass is 10.0. The first kappa shape index (κ1) is 20.0. The number of carbonyl (C=O) groups is 2. The average molecular weight is 302 g/mol. The minimum absolute atomic E-state index is 0.215. The molecular weight excluding hydrogens is 272 g/mol. The number of rotatable bonds is 14. The van der Waals surface area contributed by atoms with Crippen LogP contribution in [0.3, 0.4) is 0 Å². The van der Waals surface area contributed by atoms with Crippen LogP contribution < -0.4 is 11.1 Å².